The van der Waals surface area contributed by atoms with E-state index >= 15 is 0 Å². The SMILES string of the molecule is O=C1COCC(C(=O)NCc2ccccn2)N1. The van der Waals surface area contributed by atoms with Crippen molar-refractivity contribution >= 4 is 11.8 Å². The van der Waals surface area contributed by atoms with Crippen LogP contribution in [-0.4, -0.2) is 36.1 Å². The van der Waals surface area contributed by atoms with Crippen molar-refractivity contribution in [1.29, 1.82) is 0 Å². The lowest BCUT2D eigenvalue weighted by Crippen LogP contribution is -2.53. The van der Waals surface area contributed by atoms with Gasteiger partial charge in [0.2, 0.25) is 11.8 Å². The first-order valence-electron chi connectivity index (χ1n) is 5.30. The summed E-state index contributed by atoms with van der Waals surface area (Å²) in [5.41, 5.74) is 0.768. The molecule has 0 aliphatic carbocycles. The Kier molecular flexibility index (Phi) is 3.66. The standard InChI is InChI=1S/C11H13N3O3/c15-10-7-17-6-9(14-10)11(16)13-5-8-3-1-2-4-12-8/h1-4,9H,5-7H2,(H,13,16)(H,14,15). The van der Waals surface area contributed by atoms with Gasteiger partial charge in [-0.1, -0.05) is 6.07 Å². The number of carbonyl (C=O) groups is 2. The molecule has 1 aliphatic rings. The van der Waals surface area contributed by atoms with Crippen LogP contribution in [0.25, 0.3) is 0 Å². The number of pyridine rings is 1. The largest absolute Gasteiger partial charge is 0.369 e. The minimum atomic E-state index is -0.611. The molecule has 2 N–H and O–H groups in total. The second-order valence-corrected chi connectivity index (χ2v) is 3.67. The van der Waals surface area contributed by atoms with Crippen LogP contribution in [0.15, 0.2) is 24.4 Å². The molecule has 2 amide bonds. The minimum absolute atomic E-state index is 0.0179. The lowest BCUT2D eigenvalue weighted by atomic mass is 10.2. The number of hydrogen-bond acceptors (Lipinski definition) is 4. The van der Waals surface area contributed by atoms with Crippen LogP contribution in [0.4, 0.5) is 0 Å². The molecule has 0 aromatic carbocycles. The zero-order valence-electron chi connectivity index (χ0n) is 9.18. The average Bonchev–Trinajstić information content (AvgIpc) is 2.37. The van der Waals surface area contributed by atoms with Crippen molar-refractivity contribution in [1.82, 2.24) is 15.6 Å². The molecule has 0 radical (unpaired) electrons. The van der Waals surface area contributed by atoms with Gasteiger partial charge in [0.15, 0.2) is 0 Å². The summed E-state index contributed by atoms with van der Waals surface area (Å²) in [6, 6.07) is 4.86. The highest BCUT2D eigenvalue weighted by atomic mass is 16.5. The highest BCUT2D eigenvalue weighted by Crippen LogP contribution is 1.96. The molecule has 1 saturated heterocycles. The number of rotatable bonds is 3. The van der Waals surface area contributed by atoms with E-state index < -0.39 is 6.04 Å². The van der Waals surface area contributed by atoms with E-state index in [4.69, 9.17) is 4.74 Å². The van der Waals surface area contributed by atoms with Gasteiger partial charge in [-0.2, -0.15) is 0 Å². The predicted octanol–water partition coefficient (Wildman–Crippen LogP) is -0.787. The topological polar surface area (TPSA) is 80.3 Å². The molecular weight excluding hydrogens is 222 g/mol. The molecule has 6 heteroatoms. The van der Waals surface area contributed by atoms with Gasteiger partial charge in [0, 0.05) is 6.20 Å². The van der Waals surface area contributed by atoms with Gasteiger partial charge in [0.25, 0.3) is 0 Å². The lowest BCUT2D eigenvalue weighted by Gasteiger charge is -2.22. The van der Waals surface area contributed by atoms with E-state index in [1.165, 1.54) is 0 Å². The van der Waals surface area contributed by atoms with Crippen LogP contribution >= 0.6 is 0 Å². The highest BCUT2D eigenvalue weighted by molar-refractivity contribution is 5.88. The normalized spacial score (nSPS) is 19.5. The smallest absolute Gasteiger partial charge is 0.246 e. The van der Waals surface area contributed by atoms with Gasteiger partial charge in [0.1, 0.15) is 12.6 Å². The van der Waals surface area contributed by atoms with E-state index in [9.17, 15) is 9.59 Å². The van der Waals surface area contributed by atoms with E-state index in [2.05, 4.69) is 15.6 Å². The molecule has 1 aromatic rings. The van der Waals surface area contributed by atoms with E-state index in [0.717, 1.165) is 5.69 Å². The second kappa shape index (κ2) is 5.40. The summed E-state index contributed by atoms with van der Waals surface area (Å²) in [5.74, 6) is -0.530. The van der Waals surface area contributed by atoms with Crippen LogP contribution in [-0.2, 0) is 20.9 Å². The minimum Gasteiger partial charge on any atom is -0.369 e. The van der Waals surface area contributed by atoms with Crippen LogP contribution in [0.1, 0.15) is 5.69 Å². The summed E-state index contributed by atoms with van der Waals surface area (Å²) < 4.78 is 4.98. The third kappa shape index (κ3) is 3.25. The Labute approximate surface area is 98.4 Å². The van der Waals surface area contributed by atoms with Gasteiger partial charge >= 0.3 is 0 Å². The first kappa shape index (κ1) is 11.5. The fourth-order valence-electron chi connectivity index (χ4n) is 1.49. The molecule has 90 valence electrons. The Bertz CT molecular complexity index is 408. The van der Waals surface area contributed by atoms with Gasteiger partial charge in [0.05, 0.1) is 18.8 Å². The zero-order valence-corrected chi connectivity index (χ0v) is 9.18. The van der Waals surface area contributed by atoms with Crippen molar-refractivity contribution in [2.75, 3.05) is 13.2 Å². The van der Waals surface area contributed by atoms with Crippen LogP contribution in [0.5, 0.6) is 0 Å². The number of ether oxygens (including phenoxy) is 1. The number of amides is 2. The molecule has 1 aliphatic heterocycles. The van der Waals surface area contributed by atoms with Crippen molar-refractivity contribution < 1.29 is 14.3 Å². The van der Waals surface area contributed by atoms with Crippen molar-refractivity contribution in [3.63, 3.8) is 0 Å². The molecule has 1 fully saturated rings. The first-order chi connectivity index (χ1) is 8.25. The molecular formula is C11H13N3O3. The van der Waals surface area contributed by atoms with Gasteiger partial charge in [-0.25, -0.2) is 0 Å². The third-order valence-electron chi connectivity index (χ3n) is 2.34. The van der Waals surface area contributed by atoms with Gasteiger partial charge < -0.3 is 15.4 Å². The molecule has 0 spiro atoms. The summed E-state index contributed by atoms with van der Waals surface area (Å²) >= 11 is 0. The summed E-state index contributed by atoms with van der Waals surface area (Å²) in [7, 11) is 0. The molecule has 0 saturated carbocycles. The van der Waals surface area contributed by atoms with Gasteiger partial charge in [-0.3, -0.25) is 14.6 Å². The average molecular weight is 235 g/mol. The fourth-order valence-corrected chi connectivity index (χ4v) is 1.49. The number of hydrogen-bond donors (Lipinski definition) is 2. The van der Waals surface area contributed by atoms with Crippen molar-refractivity contribution in [3.8, 4) is 0 Å². The van der Waals surface area contributed by atoms with Gasteiger partial charge in [-0.15, -0.1) is 0 Å². The van der Waals surface area contributed by atoms with Crippen LogP contribution < -0.4 is 10.6 Å². The number of nitrogens with one attached hydrogen (secondary N) is 2. The van der Waals surface area contributed by atoms with Crippen molar-refractivity contribution in [2.45, 2.75) is 12.6 Å². The molecule has 1 aromatic heterocycles. The Morgan fingerprint density at radius 1 is 1.59 bits per heavy atom. The molecule has 2 heterocycles. The number of morpholine rings is 1. The molecule has 0 bridgehead atoms. The molecule has 17 heavy (non-hydrogen) atoms. The number of carbonyl (C=O) groups excluding carboxylic acids is 2. The lowest BCUT2D eigenvalue weighted by molar-refractivity contribution is -0.138. The monoisotopic (exact) mass is 235 g/mol. The second-order valence-electron chi connectivity index (χ2n) is 3.67. The Morgan fingerprint density at radius 3 is 3.18 bits per heavy atom. The molecule has 2 rings (SSSR count). The fraction of sp³-hybridized carbons (Fsp3) is 0.364. The predicted molar refractivity (Wildman–Crippen MR) is 58.8 cm³/mol. The first-order valence-corrected chi connectivity index (χ1v) is 5.30. The summed E-state index contributed by atoms with van der Waals surface area (Å²) in [6.45, 7) is 0.565. The summed E-state index contributed by atoms with van der Waals surface area (Å²) in [6.07, 6.45) is 1.66. The Balaban J connectivity index is 1.83. The Hall–Kier alpha value is -1.95. The van der Waals surface area contributed by atoms with E-state index in [0.29, 0.717) is 6.54 Å². The maximum atomic E-state index is 11.7. The zero-order chi connectivity index (χ0) is 12.1. The number of nitrogens with zero attached hydrogens (tertiary/aromatic N) is 1. The maximum Gasteiger partial charge on any atom is 0.246 e. The molecule has 1 unspecified atom stereocenters. The maximum absolute atomic E-state index is 11.7. The van der Waals surface area contributed by atoms with Crippen molar-refractivity contribution in [3.05, 3.63) is 30.1 Å². The highest BCUT2D eigenvalue weighted by Gasteiger charge is 2.24. The van der Waals surface area contributed by atoms with Crippen LogP contribution in [0, 0.1) is 0 Å². The van der Waals surface area contributed by atoms with Crippen LogP contribution in [0.2, 0.25) is 0 Å². The Morgan fingerprint density at radius 2 is 2.47 bits per heavy atom. The van der Waals surface area contributed by atoms with Gasteiger partial charge in [-0.05, 0) is 12.1 Å². The quantitative estimate of drug-likeness (QED) is 0.719. The summed E-state index contributed by atoms with van der Waals surface area (Å²) in [4.78, 5) is 26.8. The van der Waals surface area contributed by atoms with E-state index in [-0.39, 0.29) is 25.0 Å². The van der Waals surface area contributed by atoms with Crippen molar-refractivity contribution in [2.24, 2.45) is 0 Å². The summed E-state index contributed by atoms with van der Waals surface area (Å²) in [5, 5.41) is 5.25. The molecule has 6 nitrogen and oxygen atoms in total. The molecule has 1 atom stereocenters. The van der Waals surface area contributed by atoms with E-state index in [1.54, 1.807) is 12.3 Å². The van der Waals surface area contributed by atoms with Crippen LogP contribution in [0.3, 0.4) is 0 Å². The van der Waals surface area contributed by atoms with E-state index in [1.807, 2.05) is 12.1 Å². The number of aromatic nitrogens is 1. The third-order valence-corrected chi connectivity index (χ3v) is 2.34.